The van der Waals surface area contributed by atoms with E-state index in [1.807, 2.05) is 30.3 Å². The van der Waals surface area contributed by atoms with Gasteiger partial charge in [-0.3, -0.25) is 24.6 Å². The molecule has 0 atom stereocenters. The highest BCUT2D eigenvalue weighted by molar-refractivity contribution is 8.19. The van der Waals surface area contributed by atoms with Gasteiger partial charge in [0.25, 0.3) is 17.7 Å². The third-order valence-electron chi connectivity index (χ3n) is 5.80. The molecule has 1 fully saturated rings. The van der Waals surface area contributed by atoms with Crippen molar-refractivity contribution in [3.8, 4) is 5.75 Å². The Morgan fingerprint density at radius 1 is 1.02 bits per heavy atom. The number of thiazole rings is 1. The first-order chi connectivity index (χ1) is 19.8. The molecule has 0 saturated carbocycles. The average molecular weight is 588 g/mol. The molecule has 206 valence electrons. The number of aryl methyl sites for hydroxylation is 1. The minimum Gasteiger partial charge on any atom is -0.497 e. The van der Waals surface area contributed by atoms with Crippen LogP contribution in [0.4, 0.5) is 15.2 Å². The molecule has 0 radical (unpaired) electrons. The summed E-state index contributed by atoms with van der Waals surface area (Å²) in [7, 11) is 1.57. The second-order valence-corrected chi connectivity index (χ2v) is 10.6. The number of methoxy groups -OCH3 is 1. The van der Waals surface area contributed by atoms with Crippen molar-refractivity contribution in [3.63, 3.8) is 0 Å². The summed E-state index contributed by atoms with van der Waals surface area (Å²) in [4.78, 5) is 45.3. The zero-order valence-corrected chi connectivity index (χ0v) is 23.4. The third kappa shape index (κ3) is 6.34. The van der Waals surface area contributed by atoms with E-state index >= 15 is 0 Å². The highest BCUT2D eigenvalue weighted by Crippen LogP contribution is 2.36. The molecule has 41 heavy (non-hydrogen) atoms. The van der Waals surface area contributed by atoms with E-state index < -0.39 is 17.6 Å². The number of hydrazone groups is 1. The molecule has 0 bridgehead atoms. The molecule has 2 N–H and O–H groups in total. The average Bonchev–Trinajstić information content (AvgIpc) is 3.50. The Kier molecular flexibility index (Phi) is 8.22. The van der Waals surface area contributed by atoms with E-state index in [2.05, 4.69) is 20.8 Å². The van der Waals surface area contributed by atoms with Gasteiger partial charge in [-0.05, 0) is 78.9 Å². The third-order valence-corrected chi connectivity index (χ3v) is 7.84. The Morgan fingerprint density at radius 2 is 1.78 bits per heavy atom. The zero-order valence-electron chi connectivity index (χ0n) is 21.8. The number of rotatable bonds is 7. The van der Waals surface area contributed by atoms with Crippen molar-refractivity contribution in [2.24, 2.45) is 5.10 Å². The van der Waals surface area contributed by atoms with Gasteiger partial charge in [0.1, 0.15) is 16.4 Å². The minimum atomic E-state index is -0.555. The number of halogens is 1. The van der Waals surface area contributed by atoms with E-state index in [0.29, 0.717) is 22.0 Å². The standard InChI is InChI=1S/C29H22FN5O4S2/c1-17-24(41-28(31-17)32-25(36)19-11-13-20(30)14-12-19)26(37)33-34-29-35(21-8-4-3-5-9-21)27(38)23(40-29)16-18-7-6-10-22(15-18)39-2/h3-16H,1-2H3,(H,33,37)(H,31,32,36)/b23-16-,34-29-. The second kappa shape index (κ2) is 12.1. The van der Waals surface area contributed by atoms with Gasteiger partial charge in [0.05, 0.1) is 23.4 Å². The van der Waals surface area contributed by atoms with Crippen molar-refractivity contribution in [2.75, 3.05) is 17.3 Å². The number of ether oxygens (including phenoxy) is 1. The van der Waals surface area contributed by atoms with Crippen molar-refractivity contribution < 1.29 is 23.5 Å². The number of benzene rings is 3. The van der Waals surface area contributed by atoms with E-state index in [4.69, 9.17) is 4.74 Å². The number of carbonyl (C=O) groups excluding carboxylic acids is 3. The van der Waals surface area contributed by atoms with Crippen LogP contribution in [0.1, 0.15) is 31.3 Å². The fraction of sp³-hybridized carbons (Fsp3) is 0.0690. The maximum Gasteiger partial charge on any atom is 0.283 e. The highest BCUT2D eigenvalue weighted by atomic mass is 32.2. The Balaban J connectivity index is 1.36. The van der Waals surface area contributed by atoms with Crippen LogP contribution >= 0.6 is 23.1 Å². The zero-order chi connectivity index (χ0) is 28.9. The molecule has 2 heterocycles. The van der Waals surface area contributed by atoms with Crippen LogP contribution in [-0.4, -0.2) is 35.0 Å². The smallest absolute Gasteiger partial charge is 0.283 e. The first-order valence-electron chi connectivity index (χ1n) is 12.2. The van der Waals surface area contributed by atoms with Crippen molar-refractivity contribution in [3.05, 3.63) is 111 Å². The lowest BCUT2D eigenvalue weighted by Crippen LogP contribution is -2.31. The number of anilines is 2. The molecule has 9 nitrogen and oxygen atoms in total. The van der Waals surface area contributed by atoms with E-state index in [1.165, 1.54) is 29.2 Å². The van der Waals surface area contributed by atoms with Crippen LogP contribution in [0.3, 0.4) is 0 Å². The molecule has 0 aliphatic carbocycles. The molecule has 12 heteroatoms. The van der Waals surface area contributed by atoms with Crippen LogP contribution in [0.5, 0.6) is 5.75 Å². The molecule has 4 aromatic rings. The van der Waals surface area contributed by atoms with Gasteiger partial charge >= 0.3 is 0 Å². The number of aromatic nitrogens is 1. The first-order valence-corrected chi connectivity index (χ1v) is 13.8. The molecule has 3 amide bonds. The number of nitrogens with zero attached hydrogens (tertiary/aromatic N) is 3. The molecule has 0 spiro atoms. The lowest BCUT2D eigenvalue weighted by atomic mass is 10.2. The molecular formula is C29H22FN5O4S2. The van der Waals surface area contributed by atoms with Gasteiger partial charge in [-0.2, -0.15) is 0 Å². The number of hydrogen-bond acceptors (Lipinski definition) is 8. The van der Waals surface area contributed by atoms with Crippen molar-refractivity contribution >= 4 is 62.9 Å². The molecule has 1 aromatic heterocycles. The topological polar surface area (TPSA) is 113 Å². The van der Waals surface area contributed by atoms with Crippen molar-refractivity contribution in [1.29, 1.82) is 0 Å². The predicted molar refractivity (Wildman–Crippen MR) is 159 cm³/mol. The molecule has 0 unspecified atom stereocenters. The van der Waals surface area contributed by atoms with Crippen LogP contribution in [0.2, 0.25) is 0 Å². The summed E-state index contributed by atoms with van der Waals surface area (Å²) in [5.74, 6) is -1.13. The fourth-order valence-corrected chi connectivity index (χ4v) is 5.61. The maximum absolute atomic E-state index is 13.4. The van der Waals surface area contributed by atoms with Gasteiger partial charge in [-0.1, -0.05) is 41.7 Å². The summed E-state index contributed by atoms with van der Waals surface area (Å²) in [6, 6.07) is 21.3. The van der Waals surface area contributed by atoms with Gasteiger partial charge in [0.15, 0.2) is 10.3 Å². The van der Waals surface area contributed by atoms with Gasteiger partial charge in [0, 0.05) is 5.56 Å². The van der Waals surface area contributed by atoms with Crippen LogP contribution in [-0.2, 0) is 4.79 Å². The number of thioether (sulfide) groups is 1. The number of nitrogens with one attached hydrogen (secondary N) is 2. The summed E-state index contributed by atoms with van der Waals surface area (Å²) in [5.41, 5.74) is 4.51. The maximum atomic E-state index is 13.4. The summed E-state index contributed by atoms with van der Waals surface area (Å²) in [5, 5.41) is 7.36. The van der Waals surface area contributed by atoms with Crippen molar-refractivity contribution in [2.45, 2.75) is 6.92 Å². The molecule has 1 aliphatic heterocycles. The predicted octanol–water partition coefficient (Wildman–Crippen LogP) is 5.67. The van der Waals surface area contributed by atoms with E-state index in [-0.39, 0.29) is 26.6 Å². The number of carbonyl (C=O) groups is 3. The fourth-order valence-electron chi connectivity index (χ4n) is 3.82. The molecule has 3 aromatic carbocycles. The number of amidine groups is 1. The quantitative estimate of drug-likeness (QED) is 0.213. The van der Waals surface area contributed by atoms with Crippen molar-refractivity contribution in [1.82, 2.24) is 10.4 Å². The lowest BCUT2D eigenvalue weighted by Gasteiger charge is -2.15. The van der Waals surface area contributed by atoms with Crippen LogP contribution in [0.15, 0.2) is 88.9 Å². The van der Waals surface area contributed by atoms with E-state index in [0.717, 1.165) is 28.7 Å². The molecule has 5 rings (SSSR count). The molecule has 1 aliphatic rings. The summed E-state index contributed by atoms with van der Waals surface area (Å²) < 4.78 is 18.4. The van der Waals surface area contributed by atoms with Crippen LogP contribution in [0, 0.1) is 12.7 Å². The molecule has 1 saturated heterocycles. The van der Waals surface area contributed by atoms with Gasteiger partial charge in [-0.15, -0.1) is 5.10 Å². The van der Waals surface area contributed by atoms with Gasteiger partial charge in [-0.25, -0.2) is 14.8 Å². The lowest BCUT2D eigenvalue weighted by molar-refractivity contribution is -0.113. The largest absolute Gasteiger partial charge is 0.497 e. The highest BCUT2D eigenvalue weighted by Gasteiger charge is 2.35. The Morgan fingerprint density at radius 3 is 2.51 bits per heavy atom. The monoisotopic (exact) mass is 587 g/mol. The number of hydrogen-bond donors (Lipinski definition) is 2. The van der Waals surface area contributed by atoms with Gasteiger partial charge in [0.2, 0.25) is 0 Å². The Hall–Kier alpha value is -4.81. The minimum absolute atomic E-state index is 0.203. The number of para-hydroxylation sites is 1. The van der Waals surface area contributed by atoms with E-state index in [1.54, 1.807) is 44.4 Å². The van der Waals surface area contributed by atoms with Crippen LogP contribution < -0.4 is 20.4 Å². The Labute approximate surface area is 242 Å². The summed E-state index contributed by atoms with van der Waals surface area (Å²) >= 11 is 2.09. The summed E-state index contributed by atoms with van der Waals surface area (Å²) in [6.07, 6.45) is 1.74. The normalized spacial score (nSPS) is 14.9. The van der Waals surface area contributed by atoms with Crippen LogP contribution in [0.25, 0.3) is 6.08 Å². The first kappa shape index (κ1) is 27.7. The SMILES string of the molecule is COc1cccc(/C=C2\S/C(=N\NC(=O)c3sc(NC(=O)c4ccc(F)cc4)nc3C)N(c3ccccc3)C2=O)c1. The summed E-state index contributed by atoms with van der Waals surface area (Å²) in [6.45, 7) is 1.63. The molecular weight excluding hydrogens is 565 g/mol. The Bertz CT molecular complexity index is 1690. The van der Waals surface area contributed by atoms with E-state index in [9.17, 15) is 18.8 Å². The number of amides is 3. The van der Waals surface area contributed by atoms with Gasteiger partial charge < -0.3 is 4.74 Å². The second-order valence-electron chi connectivity index (χ2n) is 8.59.